The summed E-state index contributed by atoms with van der Waals surface area (Å²) in [5.41, 5.74) is -0.115. The van der Waals surface area contributed by atoms with E-state index in [1.165, 1.54) is 26.4 Å². The molecule has 7 rings (SSSR count). The van der Waals surface area contributed by atoms with Crippen LogP contribution in [0, 0.1) is 23.7 Å². The number of aromatic nitrogens is 1. The number of thioether (sulfide) groups is 1. The summed E-state index contributed by atoms with van der Waals surface area (Å²) >= 11 is 1.73. The van der Waals surface area contributed by atoms with Gasteiger partial charge in [-0.1, -0.05) is 19.3 Å². The molecule has 4 bridgehead atoms. The number of amides is 1. The smallest absolute Gasteiger partial charge is 0.345 e. The normalized spacial score (nSPS) is 33.5. The molecule has 5 saturated carbocycles. The summed E-state index contributed by atoms with van der Waals surface area (Å²) in [5.74, 6) is 1.55. The Bertz CT molecular complexity index is 1080. The summed E-state index contributed by atoms with van der Waals surface area (Å²) in [6.07, 6.45) is 11.1. The van der Waals surface area contributed by atoms with Gasteiger partial charge in [0.05, 0.1) is 24.7 Å². The second-order valence-corrected chi connectivity index (χ2v) is 14.1. The van der Waals surface area contributed by atoms with Crippen molar-refractivity contribution in [2.75, 3.05) is 25.1 Å². The SMILES string of the molecule is COC(=O)C[C@@H]1CCN(c2ccc(C(=O)N[C@H]3C4CC5CC3C[C@](OC(F)F)(C5)C4)c(SC3CCCCC3)n2)C1. The van der Waals surface area contributed by atoms with E-state index in [2.05, 4.69) is 10.2 Å². The second kappa shape index (κ2) is 11.7. The van der Waals surface area contributed by atoms with Gasteiger partial charge in [-0.15, -0.1) is 11.8 Å². The summed E-state index contributed by atoms with van der Waals surface area (Å²) in [5, 5.41) is 4.57. The van der Waals surface area contributed by atoms with Gasteiger partial charge in [-0.2, -0.15) is 8.78 Å². The fourth-order valence-electron chi connectivity index (χ4n) is 8.48. The van der Waals surface area contributed by atoms with Crippen molar-refractivity contribution in [2.45, 2.75) is 106 Å². The zero-order valence-corrected chi connectivity index (χ0v) is 24.1. The number of rotatable bonds is 9. The predicted molar refractivity (Wildman–Crippen MR) is 149 cm³/mol. The Labute approximate surface area is 239 Å². The minimum atomic E-state index is -2.75. The molecular weight excluding hydrogens is 536 g/mol. The highest BCUT2D eigenvalue weighted by Crippen LogP contribution is 2.57. The zero-order chi connectivity index (χ0) is 27.9. The van der Waals surface area contributed by atoms with E-state index in [-0.39, 0.29) is 35.7 Å². The number of ether oxygens (including phenoxy) is 2. The highest BCUT2D eigenvalue weighted by atomic mass is 32.2. The van der Waals surface area contributed by atoms with Gasteiger partial charge in [-0.05, 0) is 87.2 Å². The molecule has 220 valence electrons. The van der Waals surface area contributed by atoms with Gasteiger partial charge in [0.2, 0.25) is 0 Å². The third-order valence-corrected chi connectivity index (χ3v) is 11.4. The van der Waals surface area contributed by atoms with Gasteiger partial charge in [0.25, 0.3) is 5.91 Å². The number of halogens is 2. The standard InChI is InChI=1S/C30H41F2N3O4S/c1-38-25(36)13-18-9-10-35(17-18)24-8-7-23(28(33-24)40-22-5-3-2-4-6-22)27(37)34-26-20-11-19-12-21(26)16-30(14-19,15-20)39-29(31)32/h7-8,18-22,26,29H,2-6,9-17H2,1H3,(H,34,37)/t18-,19?,20?,21?,26-,30-/m0/s1. The van der Waals surface area contributed by atoms with Crippen molar-refractivity contribution >= 4 is 29.5 Å². The number of methoxy groups -OCH3 is 1. The van der Waals surface area contributed by atoms with E-state index in [9.17, 15) is 18.4 Å². The number of carbonyl (C=O) groups excluding carboxylic acids is 2. The van der Waals surface area contributed by atoms with Gasteiger partial charge < -0.3 is 19.7 Å². The van der Waals surface area contributed by atoms with E-state index in [0.717, 1.165) is 62.5 Å². The highest BCUT2D eigenvalue weighted by molar-refractivity contribution is 7.99. The molecule has 0 spiro atoms. The fourth-order valence-corrected chi connectivity index (χ4v) is 9.80. The first-order chi connectivity index (χ1) is 19.3. The number of alkyl halides is 2. The minimum Gasteiger partial charge on any atom is -0.469 e. The second-order valence-electron chi connectivity index (χ2n) is 12.8. The number of nitrogens with zero attached hydrogens (tertiary/aromatic N) is 2. The third kappa shape index (κ3) is 5.98. The van der Waals surface area contributed by atoms with Crippen molar-refractivity contribution in [3.05, 3.63) is 17.7 Å². The molecule has 6 fully saturated rings. The van der Waals surface area contributed by atoms with Crippen molar-refractivity contribution in [1.29, 1.82) is 0 Å². The summed E-state index contributed by atoms with van der Waals surface area (Å²) in [4.78, 5) is 32.8. The van der Waals surface area contributed by atoms with Crippen molar-refractivity contribution in [3.63, 3.8) is 0 Å². The fraction of sp³-hybridized carbons (Fsp3) is 0.767. The summed E-state index contributed by atoms with van der Waals surface area (Å²) in [6, 6.07) is 3.83. The maximum absolute atomic E-state index is 13.8. The molecule has 7 nitrogen and oxygen atoms in total. The Morgan fingerprint density at radius 3 is 2.58 bits per heavy atom. The Morgan fingerprint density at radius 2 is 1.88 bits per heavy atom. The van der Waals surface area contributed by atoms with Crippen LogP contribution in [0.3, 0.4) is 0 Å². The van der Waals surface area contributed by atoms with Crippen LogP contribution in [0.2, 0.25) is 0 Å². The van der Waals surface area contributed by atoms with E-state index < -0.39 is 12.2 Å². The average molecular weight is 578 g/mol. The van der Waals surface area contributed by atoms with E-state index in [1.54, 1.807) is 11.8 Å². The molecule has 10 heteroatoms. The number of nitrogens with one attached hydrogen (secondary N) is 1. The highest BCUT2D eigenvalue weighted by Gasteiger charge is 2.57. The maximum atomic E-state index is 13.8. The number of hydrogen-bond acceptors (Lipinski definition) is 7. The van der Waals surface area contributed by atoms with Gasteiger partial charge in [0.1, 0.15) is 10.8 Å². The molecule has 1 amide bonds. The summed E-state index contributed by atoms with van der Waals surface area (Å²) < 4.78 is 36.5. The van der Waals surface area contributed by atoms with Crippen molar-refractivity contribution in [1.82, 2.24) is 10.3 Å². The van der Waals surface area contributed by atoms with Crippen molar-refractivity contribution < 1.29 is 27.8 Å². The molecule has 1 saturated heterocycles. The molecule has 2 unspecified atom stereocenters. The molecule has 1 aliphatic heterocycles. The Hall–Kier alpha value is -1.94. The summed E-state index contributed by atoms with van der Waals surface area (Å²) in [7, 11) is 1.42. The van der Waals surface area contributed by atoms with Gasteiger partial charge in [0.15, 0.2) is 0 Å². The number of hydrogen-bond donors (Lipinski definition) is 1. The van der Waals surface area contributed by atoms with Gasteiger partial charge >= 0.3 is 12.6 Å². The van der Waals surface area contributed by atoms with Crippen LogP contribution in [0.1, 0.15) is 87.4 Å². The molecule has 6 aliphatic rings. The van der Waals surface area contributed by atoms with Crippen LogP contribution in [-0.2, 0) is 14.3 Å². The Kier molecular flexibility index (Phi) is 8.28. The first-order valence-corrected chi connectivity index (χ1v) is 15.9. The Balaban J connectivity index is 1.19. The largest absolute Gasteiger partial charge is 0.469 e. The molecule has 1 aromatic rings. The Morgan fingerprint density at radius 1 is 1.12 bits per heavy atom. The van der Waals surface area contributed by atoms with Crippen LogP contribution >= 0.6 is 11.8 Å². The summed E-state index contributed by atoms with van der Waals surface area (Å²) in [6.45, 7) is -1.18. The lowest BCUT2D eigenvalue weighted by Gasteiger charge is -2.59. The number of esters is 1. The first-order valence-electron chi connectivity index (χ1n) is 15.1. The molecule has 0 radical (unpaired) electrons. The average Bonchev–Trinajstić information content (AvgIpc) is 3.38. The molecule has 5 aliphatic carbocycles. The van der Waals surface area contributed by atoms with E-state index >= 15 is 0 Å². The van der Waals surface area contributed by atoms with Crippen LogP contribution < -0.4 is 10.2 Å². The first kappa shape index (κ1) is 28.2. The molecule has 1 aromatic heterocycles. The topological polar surface area (TPSA) is 80.8 Å². The number of carbonyl (C=O) groups is 2. The molecule has 0 aromatic carbocycles. The third-order valence-electron chi connectivity index (χ3n) is 10.1. The predicted octanol–water partition coefficient (Wildman–Crippen LogP) is 5.81. The van der Waals surface area contributed by atoms with Crippen LogP contribution in [-0.4, -0.2) is 60.6 Å². The molecule has 40 heavy (non-hydrogen) atoms. The van der Waals surface area contributed by atoms with Gasteiger partial charge in [-0.25, -0.2) is 4.98 Å². The van der Waals surface area contributed by atoms with Crippen LogP contribution in [0.25, 0.3) is 0 Å². The van der Waals surface area contributed by atoms with Gasteiger partial charge in [0, 0.05) is 24.4 Å². The number of anilines is 1. The van der Waals surface area contributed by atoms with E-state index in [0.29, 0.717) is 36.0 Å². The van der Waals surface area contributed by atoms with Crippen LogP contribution in [0.4, 0.5) is 14.6 Å². The van der Waals surface area contributed by atoms with Gasteiger partial charge in [-0.3, -0.25) is 9.59 Å². The lowest BCUT2D eigenvalue weighted by atomic mass is 9.52. The van der Waals surface area contributed by atoms with Crippen molar-refractivity contribution in [2.24, 2.45) is 23.7 Å². The molecule has 1 N–H and O–H groups in total. The molecular formula is C30H41F2N3O4S. The monoisotopic (exact) mass is 577 g/mol. The number of pyridine rings is 1. The lowest BCUT2D eigenvalue weighted by molar-refractivity contribution is -0.260. The van der Waals surface area contributed by atoms with Crippen LogP contribution in [0.5, 0.6) is 0 Å². The van der Waals surface area contributed by atoms with Crippen LogP contribution in [0.15, 0.2) is 17.2 Å². The lowest BCUT2D eigenvalue weighted by Crippen LogP contribution is -2.62. The quantitative estimate of drug-likeness (QED) is 0.371. The molecule has 2 heterocycles. The maximum Gasteiger partial charge on any atom is 0.345 e. The van der Waals surface area contributed by atoms with E-state index in [1.807, 2.05) is 12.1 Å². The zero-order valence-electron chi connectivity index (χ0n) is 23.3. The van der Waals surface area contributed by atoms with E-state index in [4.69, 9.17) is 14.5 Å². The molecule has 3 atom stereocenters. The minimum absolute atomic E-state index is 0.0108. The van der Waals surface area contributed by atoms with Crippen molar-refractivity contribution in [3.8, 4) is 0 Å².